The molecule has 2 N–H and O–H groups in total. The average Bonchev–Trinajstić information content (AvgIpc) is 2.41. The summed E-state index contributed by atoms with van der Waals surface area (Å²) in [4.78, 5) is 0. The predicted octanol–water partition coefficient (Wildman–Crippen LogP) is 2.17. The molecule has 0 saturated heterocycles. The van der Waals surface area contributed by atoms with Gasteiger partial charge in [0.25, 0.3) is 0 Å². The third-order valence-electron chi connectivity index (χ3n) is 3.22. The van der Waals surface area contributed by atoms with Gasteiger partial charge in [0.1, 0.15) is 0 Å². The Morgan fingerprint density at radius 1 is 1.22 bits per heavy atom. The monoisotopic (exact) mass is 240 g/mol. The van der Waals surface area contributed by atoms with Gasteiger partial charge in [0.2, 0.25) is 0 Å². The summed E-state index contributed by atoms with van der Waals surface area (Å²) in [5, 5.41) is 15.2. The fourth-order valence-electron chi connectivity index (χ4n) is 2.16. The van der Waals surface area contributed by atoms with Gasteiger partial charge in [0.05, 0.1) is 5.69 Å². The number of benzene rings is 1. The Morgan fingerprint density at radius 3 is 3.00 bits per heavy atom. The first-order valence-electron chi connectivity index (χ1n) is 6.22. The molecule has 2 aromatic rings. The number of hydrogen-bond acceptors (Lipinski definition) is 4. The van der Waals surface area contributed by atoms with Crippen molar-refractivity contribution in [2.75, 3.05) is 11.9 Å². The lowest BCUT2D eigenvalue weighted by atomic mass is 10.1. The molecule has 0 saturated carbocycles. The quantitative estimate of drug-likeness (QED) is 0.844. The van der Waals surface area contributed by atoms with Crippen molar-refractivity contribution in [1.82, 2.24) is 15.5 Å². The maximum atomic E-state index is 4.29. The van der Waals surface area contributed by atoms with E-state index in [1.54, 1.807) is 0 Å². The molecule has 4 heteroatoms. The van der Waals surface area contributed by atoms with Crippen molar-refractivity contribution in [1.29, 1.82) is 0 Å². The minimum Gasteiger partial charge on any atom is -0.339 e. The van der Waals surface area contributed by atoms with E-state index in [9.17, 15) is 0 Å². The molecular weight excluding hydrogens is 224 g/mol. The molecule has 0 spiro atoms. The minimum atomic E-state index is 0.812. The number of aryl methyl sites for hydroxylation is 1. The van der Waals surface area contributed by atoms with Crippen molar-refractivity contribution in [2.24, 2.45) is 0 Å². The van der Waals surface area contributed by atoms with Gasteiger partial charge < -0.3 is 10.6 Å². The summed E-state index contributed by atoms with van der Waals surface area (Å²) in [6.45, 7) is 3.95. The van der Waals surface area contributed by atoms with E-state index in [-0.39, 0.29) is 0 Å². The number of nitrogens with one attached hydrogen (secondary N) is 2. The van der Waals surface area contributed by atoms with Crippen LogP contribution < -0.4 is 10.6 Å². The highest BCUT2D eigenvalue weighted by atomic mass is 15.2. The Kier molecular flexibility index (Phi) is 2.94. The van der Waals surface area contributed by atoms with E-state index < -0.39 is 0 Å². The molecule has 3 rings (SSSR count). The number of para-hydroxylation sites is 1. The van der Waals surface area contributed by atoms with Crippen LogP contribution >= 0.6 is 0 Å². The zero-order chi connectivity index (χ0) is 12.4. The summed E-state index contributed by atoms with van der Waals surface area (Å²) < 4.78 is 0. The molecule has 0 unspecified atom stereocenters. The molecule has 4 nitrogen and oxygen atoms in total. The Hall–Kier alpha value is -1.94. The van der Waals surface area contributed by atoms with Gasteiger partial charge in [-0.15, -0.1) is 5.10 Å². The van der Waals surface area contributed by atoms with Crippen molar-refractivity contribution >= 4 is 11.5 Å². The van der Waals surface area contributed by atoms with Gasteiger partial charge in [0.15, 0.2) is 5.82 Å². The molecule has 18 heavy (non-hydrogen) atoms. The fourth-order valence-corrected chi connectivity index (χ4v) is 2.16. The Labute approximate surface area is 106 Å². The first-order valence-corrected chi connectivity index (χ1v) is 6.22. The highest BCUT2D eigenvalue weighted by molar-refractivity contribution is 5.60. The van der Waals surface area contributed by atoms with E-state index in [4.69, 9.17) is 0 Å². The van der Waals surface area contributed by atoms with E-state index in [0.717, 1.165) is 36.7 Å². The van der Waals surface area contributed by atoms with Crippen molar-refractivity contribution in [3.8, 4) is 0 Å². The van der Waals surface area contributed by atoms with Crippen molar-refractivity contribution in [3.63, 3.8) is 0 Å². The largest absolute Gasteiger partial charge is 0.339 e. The summed E-state index contributed by atoms with van der Waals surface area (Å²) in [6, 6.07) is 10.3. The van der Waals surface area contributed by atoms with E-state index in [0.29, 0.717) is 0 Å². The second kappa shape index (κ2) is 4.74. The fraction of sp³-hybridized carbons (Fsp3) is 0.286. The van der Waals surface area contributed by atoms with E-state index in [2.05, 4.69) is 46.0 Å². The normalized spacial score (nSPS) is 14.1. The molecular formula is C14H16N4. The van der Waals surface area contributed by atoms with Crippen LogP contribution in [0.15, 0.2) is 30.3 Å². The van der Waals surface area contributed by atoms with Gasteiger partial charge in [-0.1, -0.05) is 18.2 Å². The van der Waals surface area contributed by atoms with Crippen molar-refractivity contribution in [3.05, 3.63) is 47.2 Å². The van der Waals surface area contributed by atoms with Crippen molar-refractivity contribution < 1.29 is 0 Å². The second-order valence-corrected chi connectivity index (χ2v) is 4.57. The first-order chi connectivity index (χ1) is 8.83. The molecule has 0 aliphatic carbocycles. The average molecular weight is 240 g/mol. The molecule has 0 bridgehead atoms. The molecule has 1 aliphatic rings. The molecule has 92 valence electrons. The number of hydrogen-bond donors (Lipinski definition) is 2. The molecule has 0 atom stereocenters. The van der Waals surface area contributed by atoms with Gasteiger partial charge in [-0.2, -0.15) is 5.10 Å². The first kappa shape index (κ1) is 11.2. The third-order valence-corrected chi connectivity index (χ3v) is 3.22. The van der Waals surface area contributed by atoms with Gasteiger partial charge in [0, 0.05) is 25.2 Å². The number of anilines is 2. The molecule has 1 aliphatic heterocycles. The van der Waals surface area contributed by atoms with Gasteiger partial charge >= 0.3 is 0 Å². The van der Waals surface area contributed by atoms with Crippen LogP contribution in [-0.2, 0) is 13.0 Å². The molecule has 0 fully saturated rings. The molecule has 2 heterocycles. The van der Waals surface area contributed by atoms with E-state index >= 15 is 0 Å². The zero-order valence-electron chi connectivity index (χ0n) is 10.4. The van der Waals surface area contributed by atoms with Crippen molar-refractivity contribution in [2.45, 2.75) is 19.9 Å². The van der Waals surface area contributed by atoms with Crippen LogP contribution in [-0.4, -0.2) is 16.7 Å². The maximum absolute atomic E-state index is 4.29. The van der Waals surface area contributed by atoms with Gasteiger partial charge in [-0.3, -0.25) is 0 Å². The highest BCUT2D eigenvalue weighted by Gasteiger charge is 2.11. The smallest absolute Gasteiger partial charge is 0.153 e. The Bertz CT molecular complexity index is 565. The lowest BCUT2D eigenvalue weighted by Crippen LogP contribution is -2.25. The third kappa shape index (κ3) is 2.19. The summed E-state index contributed by atoms with van der Waals surface area (Å²) in [6.07, 6.45) is 0.965. The van der Waals surface area contributed by atoms with E-state index in [1.807, 2.05) is 12.1 Å². The van der Waals surface area contributed by atoms with Gasteiger partial charge in [-0.25, -0.2) is 0 Å². The minimum absolute atomic E-state index is 0.812. The molecule has 1 aromatic heterocycles. The van der Waals surface area contributed by atoms with Crippen LogP contribution in [0.2, 0.25) is 0 Å². The topological polar surface area (TPSA) is 49.8 Å². The summed E-state index contributed by atoms with van der Waals surface area (Å²) >= 11 is 0. The summed E-state index contributed by atoms with van der Waals surface area (Å²) in [5.74, 6) is 0.812. The SMILES string of the molecule is Cc1ccccc1Nc1cc2c(nn1)CCNC2. The predicted molar refractivity (Wildman–Crippen MR) is 71.9 cm³/mol. The standard InChI is InChI=1S/C14H16N4/c1-10-4-2-3-5-12(10)16-14-8-11-9-15-7-6-13(11)17-18-14/h2-5,8,15H,6-7,9H2,1H3,(H,16,18). The Morgan fingerprint density at radius 2 is 2.11 bits per heavy atom. The van der Waals surface area contributed by atoms with Crippen LogP contribution in [0, 0.1) is 6.92 Å². The lowest BCUT2D eigenvalue weighted by Gasteiger charge is -2.16. The van der Waals surface area contributed by atoms with Crippen LogP contribution in [0.25, 0.3) is 0 Å². The molecule has 0 radical (unpaired) electrons. The number of rotatable bonds is 2. The molecule has 1 aromatic carbocycles. The number of fused-ring (bicyclic) bond motifs is 1. The Balaban J connectivity index is 1.87. The van der Waals surface area contributed by atoms with E-state index in [1.165, 1.54) is 11.1 Å². The number of nitrogens with zero attached hydrogens (tertiary/aromatic N) is 2. The van der Waals surface area contributed by atoms with Crippen LogP contribution in [0.4, 0.5) is 11.5 Å². The second-order valence-electron chi connectivity index (χ2n) is 4.57. The number of aromatic nitrogens is 2. The lowest BCUT2D eigenvalue weighted by molar-refractivity contribution is 0.621. The molecule has 0 amide bonds. The summed E-state index contributed by atoms with van der Waals surface area (Å²) in [7, 11) is 0. The zero-order valence-corrected chi connectivity index (χ0v) is 10.4. The van der Waals surface area contributed by atoms with Crippen LogP contribution in [0.5, 0.6) is 0 Å². The maximum Gasteiger partial charge on any atom is 0.153 e. The van der Waals surface area contributed by atoms with Crippen LogP contribution in [0.3, 0.4) is 0 Å². The van der Waals surface area contributed by atoms with Crippen LogP contribution in [0.1, 0.15) is 16.8 Å². The summed E-state index contributed by atoms with van der Waals surface area (Å²) in [5.41, 5.74) is 4.64. The highest BCUT2D eigenvalue weighted by Crippen LogP contribution is 2.20. The van der Waals surface area contributed by atoms with Gasteiger partial charge in [-0.05, 0) is 30.2 Å².